The van der Waals surface area contributed by atoms with Crippen LogP contribution in [0.5, 0.6) is 0 Å². The number of nitro groups is 1. The van der Waals surface area contributed by atoms with Gasteiger partial charge >= 0.3 is 5.69 Å². The number of fused-ring (bicyclic) bond motifs is 1. The van der Waals surface area contributed by atoms with E-state index in [0.29, 0.717) is 48.8 Å². The SMILES string of the molecule is O=[N+]([O-])c1cnc2c(c(Br)cn2S(=O)(=O)c2ccccc2)c1NC1CCC2(CC1)OCCO2. The van der Waals surface area contributed by atoms with E-state index in [1.54, 1.807) is 18.2 Å². The van der Waals surface area contributed by atoms with Gasteiger partial charge in [-0.15, -0.1) is 0 Å². The molecule has 0 atom stereocenters. The largest absolute Gasteiger partial charge is 0.376 e. The third-order valence-electron chi connectivity index (χ3n) is 6.12. The number of hydrogen-bond acceptors (Lipinski definition) is 8. The van der Waals surface area contributed by atoms with Crippen molar-refractivity contribution in [3.05, 3.63) is 57.3 Å². The van der Waals surface area contributed by atoms with Crippen LogP contribution >= 0.6 is 15.9 Å². The van der Waals surface area contributed by atoms with Gasteiger partial charge in [0.15, 0.2) is 11.4 Å². The Labute approximate surface area is 198 Å². The Morgan fingerprint density at radius 2 is 1.85 bits per heavy atom. The highest BCUT2D eigenvalue weighted by molar-refractivity contribution is 9.10. The number of rotatable bonds is 5. The summed E-state index contributed by atoms with van der Waals surface area (Å²) in [5.74, 6) is -0.550. The van der Waals surface area contributed by atoms with E-state index < -0.39 is 20.7 Å². The van der Waals surface area contributed by atoms with Crippen molar-refractivity contribution in [1.29, 1.82) is 0 Å². The van der Waals surface area contributed by atoms with Gasteiger partial charge in [0.05, 0.1) is 28.4 Å². The van der Waals surface area contributed by atoms with Gasteiger partial charge in [-0.1, -0.05) is 18.2 Å². The number of anilines is 1. The van der Waals surface area contributed by atoms with Crippen molar-refractivity contribution in [2.45, 2.75) is 42.4 Å². The Kier molecular flexibility index (Phi) is 5.63. The summed E-state index contributed by atoms with van der Waals surface area (Å²) in [5.41, 5.74) is 0.133. The lowest BCUT2D eigenvalue weighted by molar-refractivity contribution is -0.384. The fraction of sp³-hybridized carbons (Fsp3) is 0.381. The summed E-state index contributed by atoms with van der Waals surface area (Å²) >= 11 is 3.40. The van der Waals surface area contributed by atoms with Crippen molar-refractivity contribution in [2.75, 3.05) is 18.5 Å². The highest BCUT2D eigenvalue weighted by Gasteiger charge is 2.41. The highest BCUT2D eigenvalue weighted by atomic mass is 79.9. The van der Waals surface area contributed by atoms with Crippen LogP contribution in [0.1, 0.15) is 25.7 Å². The zero-order valence-electron chi connectivity index (χ0n) is 17.4. The minimum Gasteiger partial charge on any atom is -0.376 e. The van der Waals surface area contributed by atoms with Crippen molar-refractivity contribution in [3.63, 3.8) is 0 Å². The van der Waals surface area contributed by atoms with Gasteiger partial charge in [0, 0.05) is 29.6 Å². The average Bonchev–Trinajstić information content (AvgIpc) is 3.41. The molecule has 1 aliphatic carbocycles. The van der Waals surface area contributed by atoms with Crippen LogP contribution in [-0.4, -0.2) is 47.3 Å². The van der Waals surface area contributed by atoms with Crippen LogP contribution in [0.2, 0.25) is 0 Å². The molecule has 3 aromatic rings. The van der Waals surface area contributed by atoms with E-state index in [0.717, 1.165) is 10.2 Å². The number of ether oxygens (including phenoxy) is 2. The second-order valence-electron chi connectivity index (χ2n) is 8.09. The molecule has 1 N–H and O–H groups in total. The zero-order valence-corrected chi connectivity index (χ0v) is 19.8. The molecule has 2 fully saturated rings. The highest BCUT2D eigenvalue weighted by Crippen LogP contribution is 2.42. The molecule has 1 saturated carbocycles. The summed E-state index contributed by atoms with van der Waals surface area (Å²) in [6.07, 6.45) is 5.23. The zero-order chi connectivity index (χ0) is 23.2. The van der Waals surface area contributed by atoms with Gasteiger partial charge in [-0.3, -0.25) is 10.1 Å². The molecule has 0 radical (unpaired) electrons. The summed E-state index contributed by atoms with van der Waals surface area (Å²) in [4.78, 5) is 15.5. The number of benzene rings is 1. The first-order valence-corrected chi connectivity index (χ1v) is 12.7. The lowest BCUT2D eigenvalue weighted by Crippen LogP contribution is -2.39. The summed E-state index contributed by atoms with van der Waals surface area (Å²) in [5, 5.41) is 15.4. The number of halogens is 1. The van der Waals surface area contributed by atoms with Crippen LogP contribution in [0.15, 0.2) is 52.1 Å². The normalized spacial score (nSPS) is 18.7. The lowest BCUT2D eigenvalue weighted by Gasteiger charge is -2.35. The maximum absolute atomic E-state index is 13.2. The molecule has 0 unspecified atom stereocenters. The van der Waals surface area contributed by atoms with E-state index in [1.807, 2.05) is 0 Å². The molecule has 2 aliphatic rings. The van der Waals surface area contributed by atoms with Crippen LogP contribution in [0.4, 0.5) is 11.4 Å². The summed E-state index contributed by atoms with van der Waals surface area (Å²) in [6, 6.07) is 7.91. The van der Waals surface area contributed by atoms with Crippen LogP contribution in [0.3, 0.4) is 0 Å². The van der Waals surface area contributed by atoms with E-state index in [4.69, 9.17) is 9.47 Å². The molecule has 174 valence electrons. The molecule has 1 spiro atoms. The Bertz CT molecular complexity index is 1310. The second kappa shape index (κ2) is 8.35. The Balaban J connectivity index is 1.55. The van der Waals surface area contributed by atoms with E-state index in [9.17, 15) is 18.5 Å². The van der Waals surface area contributed by atoms with Crippen LogP contribution in [0, 0.1) is 10.1 Å². The molecule has 0 amide bonds. The predicted octanol–water partition coefficient (Wildman–Crippen LogP) is 4.04. The molecule has 1 saturated heterocycles. The quantitative estimate of drug-likeness (QED) is 0.382. The molecule has 33 heavy (non-hydrogen) atoms. The fourth-order valence-corrected chi connectivity index (χ4v) is 6.53. The van der Waals surface area contributed by atoms with Gasteiger partial charge < -0.3 is 14.8 Å². The number of hydrogen-bond donors (Lipinski definition) is 1. The smallest absolute Gasteiger partial charge is 0.311 e. The van der Waals surface area contributed by atoms with Gasteiger partial charge in [0.1, 0.15) is 11.9 Å². The van der Waals surface area contributed by atoms with Gasteiger partial charge in [0.25, 0.3) is 10.0 Å². The maximum atomic E-state index is 13.2. The molecule has 5 rings (SSSR count). The Morgan fingerprint density at radius 1 is 1.18 bits per heavy atom. The minimum absolute atomic E-state index is 0.0614. The second-order valence-corrected chi connectivity index (χ2v) is 10.8. The topological polar surface area (TPSA) is 126 Å². The fourth-order valence-electron chi connectivity index (χ4n) is 4.48. The van der Waals surface area contributed by atoms with Crippen molar-refractivity contribution in [1.82, 2.24) is 8.96 Å². The summed E-state index contributed by atoms with van der Waals surface area (Å²) in [7, 11) is -3.95. The first kappa shape index (κ1) is 22.3. The van der Waals surface area contributed by atoms with Crippen LogP contribution in [-0.2, 0) is 19.5 Å². The van der Waals surface area contributed by atoms with Crippen molar-refractivity contribution in [2.24, 2.45) is 0 Å². The summed E-state index contributed by atoms with van der Waals surface area (Å²) < 4.78 is 39.5. The van der Waals surface area contributed by atoms with Crippen LogP contribution < -0.4 is 5.32 Å². The van der Waals surface area contributed by atoms with Gasteiger partial charge in [-0.25, -0.2) is 17.4 Å². The predicted molar refractivity (Wildman–Crippen MR) is 124 cm³/mol. The third kappa shape index (κ3) is 3.90. The van der Waals surface area contributed by atoms with Crippen molar-refractivity contribution >= 4 is 48.4 Å². The van der Waals surface area contributed by atoms with Gasteiger partial charge in [-0.2, -0.15) is 0 Å². The van der Waals surface area contributed by atoms with E-state index in [-0.39, 0.29) is 28.0 Å². The number of nitrogens with zero attached hydrogens (tertiary/aromatic N) is 3. The average molecular weight is 537 g/mol. The molecule has 1 aliphatic heterocycles. The lowest BCUT2D eigenvalue weighted by atomic mass is 9.90. The maximum Gasteiger partial charge on any atom is 0.311 e. The van der Waals surface area contributed by atoms with Crippen molar-refractivity contribution < 1.29 is 22.8 Å². The first-order valence-electron chi connectivity index (χ1n) is 10.5. The number of pyridine rings is 1. The molecule has 10 nitrogen and oxygen atoms in total. The van der Waals surface area contributed by atoms with Crippen LogP contribution in [0.25, 0.3) is 11.0 Å². The van der Waals surface area contributed by atoms with Gasteiger partial charge in [0.2, 0.25) is 0 Å². The van der Waals surface area contributed by atoms with E-state index in [1.165, 1.54) is 18.3 Å². The minimum atomic E-state index is -3.95. The third-order valence-corrected chi connectivity index (χ3v) is 8.39. The molecule has 2 aromatic heterocycles. The number of aromatic nitrogens is 2. The molecule has 1 aromatic carbocycles. The van der Waals surface area contributed by atoms with E-state index >= 15 is 0 Å². The monoisotopic (exact) mass is 536 g/mol. The van der Waals surface area contributed by atoms with Crippen molar-refractivity contribution in [3.8, 4) is 0 Å². The standard InChI is InChI=1S/C21H21BrN4O6S/c22-16-13-25(33(29,30)15-4-2-1-3-5-15)20-18(16)19(17(12-23-20)26(27)28)24-14-6-8-21(9-7-14)31-10-11-32-21/h1-5,12-14H,6-11H2,(H,23,24). The molecular formula is C21H21BrN4O6S. The number of nitrogens with one attached hydrogen (secondary N) is 1. The Hall–Kier alpha value is -2.54. The summed E-state index contributed by atoms with van der Waals surface area (Å²) in [6.45, 7) is 1.15. The molecule has 0 bridgehead atoms. The molecule has 3 heterocycles. The molecule has 12 heteroatoms. The van der Waals surface area contributed by atoms with E-state index in [2.05, 4.69) is 26.2 Å². The first-order chi connectivity index (χ1) is 15.8. The van der Waals surface area contributed by atoms with Gasteiger partial charge in [-0.05, 0) is 40.9 Å². The molecular weight excluding hydrogens is 516 g/mol. The Morgan fingerprint density at radius 3 is 2.48 bits per heavy atom.